The molecule has 0 N–H and O–H groups in total. The van der Waals surface area contributed by atoms with Gasteiger partial charge in [0, 0.05) is 0 Å². The number of hydrogen-bond donors (Lipinski definition) is 0. The highest BCUT2D eigenvalue weighted by Gasteiger charge is 2.45. The number of carbonyl (C=O) groups excluding carboxylic acids is 2. The molecule has 0 aromatic carbocycles. The standard InChI is InChI=1S/C14H20N2O2/c17-10-15-7-1-2-13(16-11-18)9-14-5-3-12(8-14)4-6-14/h12-13H,1-9H2. The van der Waals surface area contributed by atoms with Crippen LogP contribution in [0.5, 0.6) is 0 Å². The molecule has 0 aromatic rings. The Bertz CT molecular complexity index is 373. The van der Waals surface area contributed by atoms with E-state index in [-0.39, 0.29) is 6.04 Å². The number of aliphatic imine (C=N–C) groups is 2. The van der Waals surface area contributed by atoms with Crippen molar-refractivity contribution in [1.82, 2.24) is 0 Å². The molecule has 1 atom stereocenters. The Kier molecular flexibility index (Phi) is 4.46. The van der Waals surface area contributed by atoms with Crippen molar-refractivity contribution >= 4 is 12.2 Å². The molecule has 4 heteroatoms. The first-order valence-electron chi connectivity index (χ1n) is 6.89. The summed E-state index contributed by atoms with van der Waals surface area (Å²) in [7, 11) is 0. The summed E-state index contributed by atoms with van der Waals surface area (Å²) in [5.74, 6) is 0.922. The minimum Gasteiger partial charge on any atom is -0.211 e. The lowest BCUT2D eigenvalue weighted by atomic mass is 9.78. The van der Waals surface area contributed by atoms with Crippen LogP contribution in [0, 0.1) is 11.3 Å². The van der Waals surface area contributed by atoms with Crippen LogP contribution in [0.3, 0.4) is 0 Å². The quantitative estimate of drug-likeness (QED) is 0.395. The van der Waals surface area contributed by atoms with E-state index >= 15 is 0 Å². The van der Waals surface area contributed by atoms with Crippen LogP contribution in [-0.2, 0) is 9.59 Å². The second-order valence-corrected chi connectivity index (χ2v) is 5.84. The highest BCUT2D eigenvalue weighted by molar-refractivity contribution is 5.33. The summed E-state index contributed by atoms with van der Waals surface area (Å²) >= 11 is 0. The van der Waals surface area contributed by atoms with Gasteiger partial charge in [-0.15, -0.1) is 0 Å². The second-order valence-electron chi connectivity index (χ2n) is 5.84. The minimum absolute atomic E-state index is 0.0706. The molecule has 2 rings (SSSR count). The normalized spacial score (nSPS) is 30.6. The molecule has 0 amide bonds. The molecule has 0 aliphatic heterocycles. The van der Waals surface area contributed by atoms with E-state index in [9.17, 15) is 9.59 Å². The van der Waals surface area contributed by atoms with Crippen molar-refractivity contribution in [1.29, 1.82) is 0 Å². The Morgan fingerprint density at radius 1 is 1.22 bits per heavy atom. The third-order valence-electron chi connectivity index (χ3n) is 4.66. The molecule has 2 fully saturated rings. The van der Waals surface area contributed by atoms with Crippen LogP contribution < -0.4 is 0 Å². The van der Waals surface area contributed by atoms with Gasteiger partial charge in [0.05, 0.1) is 12.6 Å². The van der Waals surface area contributed by atoms with Gasteiger partial charge >= 0.3 is 0 Å². The number of fused-ring (bicyclic) bond motifs is 2. The Morgan fingerprint density at radius 2 is 2.00 bits per heavy atom. The average molecular weight is 248 g/mol. The van der Waals surface area contributed by atoms with Gasteiger partial charge in [-0.3, -0.25) is 0 Å². The first-order valence-corrected chi connectivity index (χ1v) is 6.89. The predicted molar refractivity (Wildman–Crippen MR) is 67.8 cm³/mol. The first kappa shape index (κ1) is 13.2. The SMILES string of the molecule is O=C=NCCCC(CC12CCC(CC1)C2)N=C=O. The van der Waals surface area contributed by atoms with Crippen molar-refractivity contribution in [3.63, 3.8) is 0 Å². The summed E-state index contributed by atoms with van der Waals surface area (Å²) in [5, 5.41) is 0. The molecule has 1 unspecified atom stereocenters. The third kappa shape index (κ3) is 3.16. The Morgan fingerprint density at radius 3 is 2.56 bits per heavy atom. The number of hydrogen-bond acceptors (Lipinski definition) is 4. The van der Waals surface area contributed by atoms with Gasteiger partial charge in [0.2, 0.25) is 12.2 Å². The third-order valence-corrected chi connectivity index (χ3v) is 4.66. The molecule has 2 aliphatic rings. The summed E-state index contributed by atoms with van der Waals surface area (Å²) in [6, 6.07) is 0.0706. The summed E-state index contributed by atoms with van der Waals surface area (Å²) in [6.45, 7) is 0.490. The van der Waals surface area contributed by atoms with Crippen molar-refractivity contribution in [3.05, 3.63) is 0 Å². The maximum Gasteiger partial charge on any atom is 0.235 e. The van der Waals surface area contributed by atoms with Gasteiger partial charge in [-0.05, 0) is 62.7 Å². The molecule has 2 aliphatic carbocycles. The maximum atomic E-state index is 10.5. The van der Waals surface area contributed by atoms with E-state index in [0.29, 0.717) is 12.0 Å². The minimum atomic E-state index is 0.0706. The van der Waals surface area contributed by atoms with E-state index in [0.717, 1.165) is 25.2 Å². The van der Waals surface area contributed by atoms with Crippen LogP contribution in [0.15, 0.2) is 9.98 Å². The molecule has 0 spiro atoms. The maximum absolute atomic E-state index is 10.5. The van der Waals surface area contributed by atoms with Crippen molar-refractivity contribution in [2.45, 2.75) is 57.4 Å². The highest BCUT2D eigenvalue weighted by atomic mass is 16.1. The molecule has 2 bridgehead atoms. The van der Waals surface area contributed by atoms with E-state index in [1.54, 1.807) is 6.08 Å². The summed E-state index contributed by atoms with van der Waals surface area (Å²) in [5.41, 5.74) is 0.448. The van der Waals surface area contributed by atoms with Gasteiger partial charge in [-0.1, -0.05) is 0 Å². The molecule has 0 radical (unpaired) electrons. The fourth-order valence-corrected chi connectivity index (χ4v) is 3.84. The van der Waals surface area contributed by atoms with Crippen LogP contribution in [0.1, 0.15) is 51.4 Å². The molecule has 18 heavy (non-hydrogen) atoms. The fourth-order valence-electron chi connectivity index (χ4n) is 3.84. The van der Waals surface area contributed by atoms with E-state index in [1.807, 2.05) is 0 Å². The molecular formula is C14H20N2O2. The average Bonchev–Trinajstić information content (AvgIpc) is 2.95. The number of isocyanates is 2. The van der Waals surface area contributed by atoms with Gasteiger partial charge in [-0.25, -0.2) is 19.6 Å². The van der Waals surface area contributed by atoms with Crippen LogP contribution in [0.25, 0.3) is 0 Å². The zero-order chi connectivity index (χ0) is 12.8. The molecule has 0 saturated heterocycles. The van der Waals surface area contributed by atoms with Crippen molar-refractivity contribution in [3.8, 4) is 0 Å². The number of rotatable bonds is 7. The monoisotopic (exact) mass is 248 g/mol. The van der Waals surface area contributed by atoms with E-state index in [2.05, 4.69) is 9.98 Å². The van der Waals surface area contributed by atoms with Gasteiger partial charge < -0.3 is 0 Å². The molecular weight excluding hydrogens is 228 g/mol. The molecule has 0 heterocycles. The van der Waals surface area contributed by atoms with Crippen LogP contribution in [-0.4, -0.2) is 24.7 Å². The first-order chi connectivity index (χ1) is 8.78. The van der Waals surface area contributed by atoms with E-state index in [1.165, 1.54) is 38.2 Å². The molecule has 0 aromatic heterocycles. The van der Waals surface area contributed by atoms with Crippen molar-refractivity contribution in [2.75, 3.05) is 6.54 Å². The van der Waals surface area contributed by atoms with E-state index < -0.39 is 0 Å². The zero-order valence-electron chi connectivity index (χ0n) is 10.7. The topological polar surface area (TPSA) is 58.9 Å². The highest BCUT2D eigenvalue weighted by Crippen LogP contribution is 2.56. The second kappa shape index (κ2) is 6.08. The van der Waals surface area contributed by atoms with Gasteiger partial charge in [0.25, 0.3) is 0 Å². The van der Waals surface area contributed by atoms with Crippen molar-refractivity contribution in [2.24, 2.45) is 21.3 Å². The largest absolute Gasteiger partial charge is 0.235 e. The van der Waals surface area contributed by atoms with Crippen LogP contribution >= 0.6 is 0 Å². The lowest BCUT2D eigenvalue weighted by Gasteiger charge is -2.29. The van der Waals surface area contributed by atoms with Gasteiger partial charge in [-0.2, -0.15) is 0 Å². The Labute approximate surface area is 108 Å². The van der Waals surface area contributed by atoms with E-state index in [4.69, 9.17) is 0 Å². The fraction of sp³-hybridized carbons (Fsp3) is 0.857. The Hall–Kier alpha value is -1.24. The summed E-state index contributed by atoms with van der Waals surface area (Å²) in [6.07, 6.45) is 12.5. The van der Waals surface area contributed by atoms with Gasteiger partial charge in [0.15, 0.2) is 0 Å². The van der Waals surface area contributed by atoms with Crippen LogP contribution in [0.4, 0.5) is 0 Å². The zero-order valence-corrected chi connectivity index (χ0v) is 10.7. The van der Waals surface area contributed by atoms with Gasteiger partial charge in [0.1, 0.15) is 0 Å². The number of nitrogens with zero attached hydrogens (tertiary/aromatic N) is 2. The Balaban J connectivity index is 1.85. The lowest BCUT2D eigenvalue weighted by molar-refractivity contribution is 0.244. The summed E-state index contributed by atoms with van der Waals surface area (Å²) in [4.78, 5) is 28.0. The molecule has 98 valence electrons. The smallest absolute Gasteiger partial charge is 0.211 e. The lowest BCUT2D eigenvalue weighted by Crippen LogP contribution is -2.21. The molecule has 2 saturated carbocycles. The van der Waals surface area contributed by atoms with Crippen molar-refractivity contribution < 1.29 is 9.59 Å². The molecule has 4 nitrogen and oxygen atoms in total. The summed E-state index contributed by atoms with van der Waals surface area (Å²) < 4.78 is 0. The predicted octanol–water partition coefficient (Wildman–Crippen LogP) is 2.78. The van der Waals surface area contributed by atoms with Crippen LogP contribution in [0.2, 0.25) is 0 Å².